The summed E-state index contributed by atoms with van der Waals surface area (Å²) < 4.78 is 1.66. The molecule has 1 heterocycles. The monoisotopic (exact) mass is 382 g/mol. The van der Waals surface area contributed by atoms with Crippen LogP contribution in [0.4, 0.5) is 0 Å². The van der Waals surface area contributed by atoms with Gasteiger partial charge in [0, 0.05) is 16.1 Å². The molecule has 0 aliphatic carbocycles. The summed E-state index contributed by atoms with van der Waals surface area (Å²) in [4.78, 5) is 18.5. The van der Waals surface area contributed by atoms with Gasteiger partial charge in [-0.25, -0.2) is 4.98 Å². The van der Waals surface area contributed by atoms with Gasteiger partial charge in [0.15, 0.2) is 0 Å². The van der Waals surface area contributed by atoms with Crippen LogP contribution in [0.2, 0.25) is 5.02 Å². The lowest BCUT2D eigenvalue weighted by Crippen LogP contribution is -2.14. The molecule has 0 unspecified atom stereocenters. The first kappa shape index (κ1) is 16.7. The number of nitrogens with zero attached hydrogens (tertiary/aromatic N) is 2. The molecule has 0 saturated carbocycles. The minimum absolute atomic E-state index is 0.125. The van der Waals surface area contributed by atoms with Gasteiger partial charge in [-0.05, 0) is 35.0 Å². The van der Waals surface area contributed by atoms with E-state index in [2.05, 4.69) is 0 Å². The van der Waals surface area contributed by atoms with E-state index in [-0.39, 0.29) is 5.91 Å². The molecule has 0 saturated heterocycles. The third-order valence-corrected chi connectivity index (χ3v) is 5.11. The largest absolute Gasteiger partial charge is 0.268 e. The average molecular weight is 383 g/mol. The van der Waals surface area contributed by atoms with E-state index < -0.39 is 0 Å². The lowest BCUT2D eigenvalue weighted by Gasteiger charge is -2.10. The van der Waals surface area contributed by atoms with Crippen molar-refractivity contribution >= 4 is 39.3 Å². The Labute approximate surface area is 166 Å². The molecular weight excluding hydrogens is 368 g/mol. The van der Waals surface area contributed by atoms with E-state index in [1.165, 1.54) is 0 Å². The summed E-state index contributed by atoms with van der Waals surface area (Å²) in [7, 11) is 0. The molecule has 28 heavy (non-hydrogen) atoms. The molecule has 0 radical (unpaired) electrons. The van der Waals surface area contributed by atoms with Gasteiger partial charge in [0.2, 0.25) is 0 Å². The number of rotatable bonds is 2. The first-order chi connectivity index (χ1) is 13.7. The van der Waals surface area contributed by atoms with Gasteiger partial charge in [-0.3, -0.25) is 9.36 Å². The highest BCUT2D eigenvalue weighted by Gasteiger charge is 2.21. The first-order valence-corrected chi connectivity index (χ1v) is 9.36. The molecule has 4 aromatic carbocycles. The standard InChI is InChI=1S/C24H15ClN2O/c25-18-13-14-21-22(15-18)27(23(26-21)17-8-2-1-3-9-17)24(28)20-12-6-10-16-7-4-5-11-19(16)20/h1-15H. The Morgan fingerprint density at radius 3 is 2.43 bits per heavy atom. The van der Waals surface area contributed by atoms with E-state index >= 15 is 0 Å². The molecule has 0 aliphatic heterocycles. The third-order valence-electron chi connectivity index (χ3n) is 4.87. The number of halogens is 1. The van der Waals surface area contributed by atoms with Crippen LogP contribution in [0.3, 0.4) is 0 Å². The molecule has 0 aliphatic rings. The molecule has 134 valence electrons. The second kappa shape index (κ2) is 6.63. The van der Waals surface area contributed by atoms with Crippen LogP contribution in [0.1, 0.15) is 10.4 Å². The maximum absolute atomic E-state index is 13.7. The number of carbonyl (C=O) groups is 1. The van der Waals surface area contributed by atoms with Gasteiger partial charge >= 0.3 is 0 Å². The van der Waals surface area contributed by atoms with Gasteiger partial charge in [0.25, 0.3) is 5.91 Å². The lowest BCUT2D eigenvalue weighted by molar-refractivity contribution is 0.0968. The number of fused-ring (bicyclic) bond motifs is 2. The van der Waals surface area contributed by atoms with Crippen LogP contribution >= 0.6 is 11.6 Å². The Morgan fingerprint density at radius 1 is 0.821 bits per heavy atom. The second-order valence-electron chi connectivity index (χ2n) is 6.60. The van der Waals surface area contributed by atoms with Crippen molar-refractivity contribution in [1.29, 1.82) is 0 Å². The van der Waals surface area contributed by atoms with Gasteiger partial charge in [-0.2, -0.15) is 0 Å². The highest BCUT2D eigenvalue weighted by Crippen LogP contribution is 2.29. The van der Waals surface area contributed by atoms with Gasteiger partial charge in [-0.1, -0.05) is 78.3 Å². The van der Waals surface area contributed by atoms with Gasteiger partial charge < -0.3 is 0 Å². The Bertz CT molecular complexity index is 1330. The zero-order valence-electron chi connectivity index (χ0n) is 14.8. The Hall–Kier alpha value is -3.43. The second-order valence-corrected chi connectivity index (χ2v) is 7.04. The number of hydrogen-bond acceptors (Lipinski definition) is 2. The van der Waals surface area contributed by atoms with E-state index in [9.17, 15) is 4.79 Å². The Kier molecular flexibility index (Phi) is 3.96. The molecule has 0 spiro atoms. The number of aromatic nitrogens is 2. The van der Waals surface area contributed by atoms with E-state index in [1.54, 1.807) is 16.7 Å². The Balaban J connectivity index is 1.82. The van der Waals surface area contributed by atoms with Gasteiger partial charge in [0.1, 0.15) is 5.82 Å². The van der Waals surface area contributed by atoms with Crippen LogP contribution < -0.4 is 0 Å². The summed E-state index contributed by atoms with van der Waals surface area (Å²) in [5.41, 5.74) is 2.94. The predicted octanol–water partition coefficient (Wildman–Crippen LogP) is 6.20. The smallest absolute Gasteiger partial charge is 0.264 e. The highest BCUT2D eigenvalue weighted by atomic mass is 35.5. The molecule has 0 bridgehead atoms. The van der Waals surface area contributed by atoms with E-state index in [4.69, 9.17) is 16.6 Å². The molecule has 5 aromatic rings. The SMILES string of the molecule is O=C(c1cccc2ccccc12)n1c(-c2ccccc2)nc2ccc(Cl)cc21. The van der Waals surface area contributed by atoms with Crippen molar-refractivity contribution in [3.63, 3.8) is 0 Å². The fourth-order valence-electron chi connectivity index (χ4n) is 3.57. The van der Waals surface area contributed by atoms with Crippen LogP contribution in [-0.2, 0) is 0 Å². The third kappa shape index (κ3) is 2.68. The normalized spacial score (nSPS) is 11.2. The quantitative estimate of drug-likeness (QED) is 0.364. The predicted molar refractivity (Wildman–Crippen MR) is 114 cm³/mol. The summed E-state index contributed by atoms with van der Waals surface area (Å²) in [5, 5.41) is 2.51. The number of hydrogen-bond donors (Lipinski definition) is 0. The van der Waals surface area contributed by atoms with Crippen molar-refractivity contribution in [2.75, 3.05) is 0 Å². The zero-order chi connectivity index (χ0) is 19.1. The molecule has 3 nitrogen and oxygen atoms in total. The summed E-state index contributed by atoms with van der Waals surface area (Å²) in [6.07, 6.45) is 0. The first-order valence-electron chi connectivity index (χ1n) is 8.98. The van der Waals surface area contributed by atoms with Gasteiger partial charge in [-0.15, -0.1) is 0 Å². The molecule has 5 rings (SSSR count). The number of benzene rings is 4. The number of carbonyl (C=O) groups excluding carboxylic acids is 1. The molecular formula is C24H15ClN2O. The maximum Gasteiger partial charge on any atom is 0.264 e. The molecule has 0 atom stereocenters. The summed E-state index contributed by atoms with van der Waals surface area (Å²) in [6, 6.07) is 28.8. The van der Waals surface area contributed by atoms with Crippen LogP contribution in [0, 0.1) is 0 Å². The van der Waals surface area contributed by atoms with Crippen molar-refractivity contribution in [3.8, 4) is 11.4 Å². The van der Waals surface area contributed by atoms with Crippen LogP contribution in [0.5, 0.6) is 0 Å². The fraction of sp³-hybridized carbons (Fsp3) is 0. The van der Waals surface area contributed by atoms with Crippen molar-refractivity contribution in [2.45, 2.75) is 0 Å². The molecule has 0 N–H and O–H groups in total. The Morgan fingerprint density at radius 2 is 1.57 bits per heavy atom. The van der Waals surface area contributed by atoms with Crippen molar-refractivity contribution in [2.24, 2.45) is 0 Å². The van der Waals surface area contributed by atoms with Crippen molar-refractivity contribution < 1.29 is 4.79 Å². The minimum Gasteiger partial charge on any atom is -0.268 e. The maximum atomic E-state index is 13.7. The molecule has 0 fully saturated rings. The highest BCUT2D eigenvalue weighted by molar-refractivity contribution is 6.31. The summed E-state index contributed by atoms with van der Waals surface area (Å²) >= 11 is 6.24. The average Bonchev–Trinajstić information content (AvgIpc) is 3.12. The molecule has 1 aromatic heterocycles. The summed E-state index contributed by atoms with van der Waals surface area (Å²) in [5.74, 6) is 0.483. The molecule has 0 amide bonds. The summed E-state index contributed by atoms with van der Waals surface area (Å²) in [6.45, 7) is 0. The molecule has 4 heteroatoms. The van der Waals surface area contributed by atoms with Gasteiger partial charge in [0.05, 0.1) is 11.0 Å². The fourth-order valence-corrected chi connectivity index (χ4v) is 3.73. The van der Waals surface area contributed by atoms with Crippen LogP contribution in [-0.4, -0.2) is 15.5 Å². The van der Waals surface area contributed by atoms with Crippen molar-refractivity contribution in [3.05, 3.63) is 102 Å². The van der Waals surface area contributed by atoms with Crippen LogP contribution in [0.25, 0.3) is 33.2 Å². The lowest BCUT2D eigenvalue weighted by atomic mass is 10.0. The van der Waals surface area contributed by atoms with Crippen LogP contribution in [0.15, 0.2) is 91.0 Å². The van der Waals surface area contributed by atoms with E-state index in [0.717, 1.165) is 21.9 Å². The number of imidazole rings is 1. The van der Waals surface area contributed by atoms with Crippen molar-refractivity contribution in [1.82, 2.24) is 9.55 Å². The minimum atomic E-state index is -0.125. The van der Waals surface area contributed by atoms with E-state index in [1.807, 2.05) is 78.9 Å². The zero-order valence-corrected chi connectivity index (χ0v) is 15.6. The van der Waals surface area contributed by atoms with E-state index in [0.29, 0.717) is 21.9 Å². The topological polar surface area (TPSA) is 34.9 Å².